The molecular weight excluding hydrogens is 496 g/mol. The lowest BCUT2D eigenvalue weighted by Gasteiger charge is -2.42. The smallest absolute Gasteiger partial charge is 0.338 e. The second-order valence-corrected chi connectivity index (χ2v) is 17.2. The van der Waals surface area contributed by atoms with Gasteiger partial charge < -0.3 is 13.9 Å². The number of ether oxygens (including phenoxy) is 2. The molecule has 7 heteroatoms. The third kappa shape index (κ3) is 9.95. The zero-order valence-electron chi connectivity index (χ0n) is 25.6. The maximum atomic E-state index is 13.1. The predicted octanol–water partition coefficient (Wildman–Crippen LogP) is 7.47. The van der Waals surface area contributed by atoms with Crippen molar-refractivity contribution < 1.29 is 28.3 Å². The van der Waals surface area contributed by atoms with Gasteiger partial charge in [-0.2, -0.15) is 0 Å². The summed E-state index contributed by atoms with van der Waals surface area (Å²) in [7, 11) is -0.746. The summed E-state index contributed by atoms with van der Waals surface area (Å²) in [5.74, 6) is -0.949. The molecule has 0 N–H and O–H groups in total. The first-order valence-electron chi connectivity index (χ1n) is 14.1. The molecule has 0 aliphatic rings. The first kappa shape index (κ1) is 34.0. The van der Waals surface area contributed by atoms with Crippen molar-refractivity contribution >= 4 is 26.0 Å². The largest absolute Gasteiger partial charge is 0.469 e. The molecule has 1 aromatic carbocycles. The SMILES string of the molecule is CC[C@@H](OC(=O)c1ccccc1)[C@H](C)CCC(=O)[C@H](C)C[C@H](C)[C@H](O[Si](C)(C)C(C)(C)C)[C@@H](C)C(=O)OC. The molecule has 216 valence electrons. The fourth-order valence-electron chi connectivity index (χ4n) is 4.56. The Morgan fingerprint density at radius 2 is 1.53 bits per heavy atom. The lowest BCUT2D eigenvalue weighted by Crippen LogP contribution is -2.49. The highest BCUT2D eigenvalue weighted by molar-refractivity contribution is 6.74. The Balaban J connectivity index is 2.80. The molecule has 0 bridgehead atoms. The molecule has 0 aliphatic heterocycles. The normalized spacial score (nSPS) is 17.0. The Hall–Kier alpha value is -1.99. The van der Waals surface area contributed by atoms with Crippen molar-refractivity contribution in [2.75, 3.05) is 7.11 Å². The quantitative estimate of drug-likeness (QED) is 0.167. The van der Waals surface area contributed by atoms with Crippen LogP contribution in [0.25, 0.3) is 0 Å². The van der Waals surface area contributed by atoms with Crippen LogP contribution in [0.5, 0.6) is 0 Å². The number of carbonyl (C=O) groups is 3. The average molecular weight is 549 g/mol. The van der Waals surface area contributed by atoms with Gasteiger partial charge in [-0.25, -0.2) is 4.79 Å². The fourth-order valence-corrected chi connectivity index (χ4v) is 6.03. The van der Waals surface area contributed by atoms with E-state index in [0.29, 0.717) is 31.2 Å². The van der Waals surface area contributed by atoms with E-state index in [0.717, 1.165) is 0 Å². The van der Waals surface area contributed by atoms with Crippen LogP contribution < -0.4 is 0 Å². The molecule has 0 unspecified atom stereocenters. The average Bonchev–Trinajstić information content (AvgIpc) is 2.87. The van der Waals surface area contributed by atoms with Gasteiger partial charge in [-0.1, -0.05) is 66.7 Å². The van der Waals surface area contributed by atoms with E-state index in [2.05, 4.69) is 40.8 Å². The molecule has 1 aromatic rings. The van der Waals surface area contributed by atoms with Crippen molar-refractivity contribution in [2.24, 2.45) is 23.7 Å². The number of hydrogen-bond donors (Lipinski definition) is 0. The second kappa shape index (κ2) is 15.0. The number of methoxy groups -OCH3 is 1. The maximum Gasteiger partial charge on any atom is 0.338 e. The molecule has 0 aromatic heterocycles. The summed E-state index contributed by atoms with van der Waals surface area (Å²) in [5.41, 5.74) is 0.535. The Morgan fingerprint density at radius 1 is 0.947 bits per heavy atom. The molecule has 38 heavy (non-hydrogen) atoms. The number of ketones is 1. The van der Waals surface area contributed by atoms with E-state index < -0.39 is 14.2 Å². The summed E-state index contributed by atoms with van der Waals surface area (Å²) in [6.07, 6.45) is 1.84. The van der Waals surface area contributed by atoms with Gasteiger partial charge in [0, 0.05) is 12.3 Å². The summed E-state index contributed by atoms with van der Waals surface area (Å²) < 4.78 is 17.5. The highest BCUT2D eigenvalue weighted by Gasteiger charge is 2.43. The minimum absolute atomic E-state index is 0.00182. The van der Waals surface area contributed by atoms with Gasteiger partial charge in [0.1, 0.15) is 11.9 Å². The van der Waals surface area contributed by atoms with Crippen LogP contribution in [0.4, 0.5) is 0 Å². The predicted molar refractivity (Wildman–Crippen MR) is 156 cm³/mol. The van der Waals surface area contributed by atoms with Crippen molar-refractivity contribution in [2.45, 2.75) is 111 Å². The number of rotatable bonds is 15. The van der Waals surface area contributed by atoms with Gasteiger partial charge >= 0.3 is 11.9 Å². The summed E-state index contributed by atoms with van der Waals surface area (Å²) in [6.45, 7) is 20.8. The van der Waals surface area contributed by atoms with E-state index in [1.165, 1.54) is 7.11 Å². The van der Waals surface area contributed by atoms with Gasteiger partial charge in [-0.3, -0.25) is 9.59 Å². The third-order valence-electron chi connectivity index (χ3n) is 8.29. The van der Waals surface area contributed by atoms with E-state index in [1.54, 1.807) is 12.1 Å². The molecular formula is C31H52O6Si. The fraction of sp³-hybridized carbons (Fsp3) is 0.710. The third-order valence-corrected chi connectivity index (χ3v) is 12.8. The zero-order valence-corrected chi connectivity index (χ0v) is 26.6. The summed E-state index contributed by atoms with van der Waals surface area (Å²) >= 11 is 0. The number of benzene rings is 1. The van der Waals surface area contributed by atoms with Crippen molar-refractivity contribution in [3.63, 3.8) is 0 Å². The first-order valence-corrected chi connectivity index (χ1v) is 17.0. The highest BCUT2D eigenvalue weighted by atomic mass is 28.4. The molecule has 0 saturated carbocycles. The molecule has 1 rings (SSSR count). The summed E-state index contributed by atoms with van der Waals surface area (Å²) in [4.78, 5) is 38.1. The number of carbonyl (C=O) groups excluding carboxylic acids is 3. The van der Waals surface area contributed by atoms with Crippen LogP contribution in [0.1, 0.15) is 91.4 Å². The lowest BCUT2D eigenvalue weighted by atomic mass is 9.84. The minimum atomic E-state index is -2.15. The van der Waals surface area contributed by atoms with E-state index in [9.17, 15) is 14.4 Å². The number of esters is 2. The topological polar surface area (TPSA) is 78.9 Å². The highest BCUT2D eigenvalue weighted by Crippen LogP contribution is 2.40. The van der Waals surface area contributed by atoms with Crippen molar-refractivity contribution in [1.29, 1.82) is 0 Å². The standard InChI is InChI=1S/C31H52O6Si/c1-12-27(36-30(34)25-16-14-13-15-17-25)21(2)18-19-26(32)22(3)20-23(4)28(24(5)29(33)35-9)37-38(10,11)31(6,7)8/h13-17,21-24,27-28H,12,18-20H2,1-11H3/t21-,22-,23+,24-,27-,28+/m1/s1. The second-order valence-electron chi connectivity index (χ2n) is 12.5. The van der Waals surface area contributed by atoms with Crippen LogP contribution in [0.15, 0.2) is 30.3 Å². The van der Waals surface area contributed by atoms with E-state index in [1.807, 2.05) is 45.9 Å². The van der Waals surface area contributed by atoms with Crippen LogP contribution >= 0.6 is 0 Å². The Morgan fingerprint density at radius 3 is 2.03 bits per heavy atom. The van der Waals surface area contributed by atoms with Crippen LogP contribution in [-0.4, -0.2) is 45.4 Å². The van der Waals surface area contributed by atoms with Gasteiger partial charge in [0.2, 0.25) is 0 Å². The Labute approximate surface area is 232 Å². The monoisotopic (exact) mass is 548 g/mol. The van der Waals surface area contributed by atoms with Gasteiger partial charge in [0.15, 0.2) is 8.32 Å². The van der Waals surface area contributed by atoms with Crippen molar-refractivity contribution in [3.05, 3.63) is 35.9 Å². The van der Waals surface area contributed by atoms with Crippen molar-refractivity contribution in [1.82, 2.24) is 0 Å². The van der Waals surface area contributed by atoms with Crippen LogP contribution in [-0.2, 0) is 23.5 Å². The van der Waals surface area contributed by atoms with Crippen LogP contribution in [0.3, 0.4) is 0 Å². The Bertz CT molecular complexity index is 891. The molecule has 0 spiro atoms. The first-order chi connectivity index (χ1) is 17.5. The van der Waals surface area contributed by atoms with E-state index in [4.69, 9.17) is 13.9 Å². The van der Waals surface area contributed by atoms with E-state index >= 15 is 0 Å². The maximum absolute atomic E-state index is 13.1. The molecule has 6 nitrogen and oxygen atoms in total. The molecule has 0 amide bonds. The molecule has 0 heterocycles. The van der Waals surface area contributed by atoms with E-state index in [-0.39, 0.29) is 52.7 Å². The van der Waals surface area contributed by atoms with Crippen molar-refractivity contribution in [3.8, 4) is 0 Å². The van der Waals surface area contributed by atoms with Crippen LogP contribution in [0.2, 0.25) is 18.1 Å². The van der Waals surface area contributed by atoms with Gasteiger partial charge in [-0.15, -0.1) is 0 Å². The Kier molecular flexibility index (Phi) is 13.4. The molecule has 0 saturated heterocycles. The van der Waals surface area contributed by atoms with Crippen LogP contribution in [0, 0.1) is 23.7 Å². The van der Waals surface area contributed by atoms with Gasteiger partial charge in [-0.05, 0) is 68.3 Å². The number of hydrogen-bond acceptors (Lipinski definition) is 6. The molecule has 0 aliphatic carbocycles. The summed E-state index contributed by atoms with van der Waals surface area (Å²) in [6, 6.07) is 8.98. The number of Topliss-reactive ketones (excluding diaryl/α,β-unsaturated/α-hetero) is 1. The minimum Gasteiger partial charge on any atom is -0.469 e. The van der Waals surface area contributed by atoms with Gasteiger partial charge in [0.25, 0.3) is 0 Å². The van der Waals surface area contributed by atoms with Gasteiger partial charge in [0.05, 0.1) is 24.7 Å². The lowest BCUT2D eigenvalue weighted by molar-refractivity contribution is -0.149. The molecule has 0 fully saturated rings. The molecule has 6 atom stereocenters. The summed E-state index contributed by atoms with van der Waals surface area (Å²) in [5, 5.41) is -0.00182. The molecule has 0 radical (unpaired) electrons. The zero-order chi connectivity index (χ0) is 29.3.